The van der Waals surface area contributed by atoms with Gasteiger partial charge in [0.25, 0.3) is 0 Å². The van der Waals surface area contributed by atoms with Gasteiger partial charge in [-0.1, -0.05) is 125 Å². The van der Waals surface area contributed by atoms with Gasteiger partial charge in [0.1, 0.15) is 5.76 Å². The van der Waals surface area contributed by atoms with E-state index in [-0.39, 0.29) is 40.2 Å². The van der Waals surface area contributed by atoms with Gasteiger partial charge >= 0.3 is 5.97 Å². The number of Topliss-reactive ketones (excluding diaryl/α,β-unsaturated/α-hetero) is 2. The predicted molar refractivity (Wildman–Crippen MR) is 167 cm³/mol. The van der Waals surface area contributed by atoms with Crippen molar-refractivity contribution in [2.24, 2.45) is 22.7 Å². The van der Waals surface area contributed by atoms with E-state index in [1.807, 2.05) is 6.92 Å². The molecule has 0 saturated heterocycles. The number of ether oxygens (including phenoxy) is 1. The molecule has 1 saturated carbocycles. The molecule has 3 aliphatic rings. The fourth-order valence-corrected chi connectivity index (χ4v) is 8.27. The van der Waals surface area contributed by atoms with Crippen LogP contribution in [0, 0.1) is 22.7 Å². The molecule has 6 heteroatoms. The molecule has 0 unspecified atom stereocenters. The van der Waals surface area contributed by atoms with E-state index >= 15 is 0 Å². The van der Waals surface area contributed by atoms with E-state index in [1.54, 1.807) is 13.8 Å². The van der Waals surface area contributed by atoms with Crippen molar-refractivity contribution in [2.75, 3.05) is 0 Å². The molecule has 0 aromatic carbocycles. The van der Waals surface area contributed by atoms with E-state index in [0.29, 0.717) is 12.8 Å². The summed E-state index contributed by atoms with van der Waals surface area (Å²) in [7, 11) is 0. The van der Waals surface area contributed by atoms with Crippen molar-refractivity contribution in [3.63, 3.8) is 0 Å². The van der Waals surface area contributed by atoms with Crippen LogP contribution in [0.1, 0.15) is 151 Å². The Morgan fingerprint density at radius 1 is 0.857 bits per heavy atom. The number of esters is 1. The van der Waals surface area contributed by atoms with Gasteiger partial charge in [0, 0.05) is 34.5 Å². The number of hydrogen-bond acceptors (Lipinski definition) is 6. The summed E-state index contributed by atoms with van der Waals surface area (Å²) in [5.74, 6) is -2.81. The quantitative estimate of drug-likeness (QED) is 0.0814. The maximum atomic E-state index is 13.7. The van der Waals surface area contributed by atoms with Crippen LogP contribution in [0.3, 0.4) is 0 Å². The highest BCUT2D eigenvalue weighted by atomic mass is 16.6. The average Bonchev–Trinajstić information content (AvgIpc) is 2.90. The van der Waals surface area contributed by atoms with Crippen LogP contribution >= 0.6 is 0 Å². The summed E-state index contributed by atoms with van der Waals surface area (Å²) >= 11 is 0. The highest BCUT2D eigenvalue weighted by Crippen LogP contribution is 2.61. The molecule has 0 aromatic heterocycles. The number of carbonyl (C=O) groups excluding carboxylic acids is 3. The molecule has 0 aliphatic heterocycles. The van der Waals surface area contributed by atoms with Crippen LogP contribution in [0.15, 0.2) is 22.5 Å². The third-order valence-corrected chi connectivity index (χ3v) is 10.3. The highest BCUT2D eigenvalue weighted by molar-refractivity contribution is 6.50. The molecule has 0 spiro atoms. The number of unbranched alkanes of at least 4 members (excludes halogenated alkanes) is 12. The van der Waals surface area contributed by atoms with Crippen molar-refractivity contribution >= 4 is 17.5 Å². The molecule has 4 atom stereocenters. The first-order valence-corrected chi connectivity index (χ1v) is 17.0. The van der Waals surface area contributed by atoms with Crippen molar-refractivity contribution in [2.45, 2.75) is 163 Å². The van der Waals surface area contributed by atoms with Gasteiger partial charge in [-0.05, 0) is 30.6 Å². The Hall–Kier alpha value is -1.95. The Bertz CT molecular complexity index is 1030. The first-order chi connectivity index (χ1) is 19.9. The van der Waals surface area contributed by atoms with Crippen molar-refractivity contribution in [1.29, 1.82) is 0 Å². The topological polar surface area (TPSA) is 101 Å². The maximum Gasteiger partial charge on any atom is 0.306 e. The monoisotopic (exact) mass is 586 g/mol. The Labute approximate surface area is 254 Å². The summed E-state index contributed by atoms with van der Waals surface area (Å²) in [4.78, 5) is 40.0. The van der Waals surface area contributed by atoms with Crippen molar-refractivity contribution < 1.29 is 29.3 Å². The molecule has 0 radical (unpaired) electrons. The third kappa shape index (κ3) is 7.57. The molecule has 0 amide bonds. The van der Waals surface area contributed by atoms with Gasteiger partial charge in [0.2, 0.25) is 11.6 Å². The number of rotatable bonds is 16. The normalized spacial score (nSPS) is 27.4. The summed E-state index contributed by atoms with van der Waals surface area (Å²) in [5.41, 5.74) is -0.689. The second kappa shape index (κ2) is 15.2. The molecule has 42 heavy (non-hydrogen) atoms. The van der Waals surface area contributed by atoms with Gasteiger partial charge in [-0.3, -0.25) is 14.4 Å². The number of carbonyl (C=O) groups is 3. The van der Waals surface area contributed by atoms with E-state index in [2.05, 4.69) is 20.8 Å². The lowest BCUT2D eigenvalue weighted by molar-refractivity contribution is -0.168. The van der Waals surface area contributed by atoms with Crippen LogP contribution in [-0.2, 0) is 19.1 Å². The number of allylic oxidation sites excluding steroid dienone is 2. The van der Waals surface area contributed by atoms with Gasteiger partial charge in [-0.2, -0.15) is 0 Å². The molecule has 0 bridgehead atoms. The summed E-state index contributed by atoms with van der Waals surface area (Å²) in [5, 5.41) is 23.2. The summed E-state index contributed by atoms with van der Waals surface area (Å²) < 4.78 is 5.95. The minimum atomic E-state index is -1.17. The predicted octanol–water partition coefficient (Wildman–Crippen LogP) is 8.50. The van der Waals surface area contributed by atoms with Crippen molar-refractivity contribution in [3.05, 3.63) is 22.5 Å². The Morgan fingerprint density at radius 3 is 1.90 bits per heavy atom. The molecular weight excluding hydrogens is 528 g/mol. The SMILES string of the molecule is CCCCCCCCCCCCCCCC(=O)O[C@H]1C2=C(C(=O)C(=O)C(C(C)C)=C2O)[C@@]2(C)CCCC(C)(C)[C@@H]2[C@@H]1O. The van der Waals surface area contributed by atoms with Crippen LogP contribution in [-0.4, -0.2) is 40.0 Å². The fourth-order valence-electron chi connectivity index (χ4n) is 8.27. The minimum Gasteiger partial charge on any atom is -0.507 e. The van der Waals surface area contributed by atoms with E-state index < -0.39 is 41.1 Å². The van der Waals surface area contributed by atoms with E-state index in [1.165, 1.54) is 64.2 Å². The Morgan fingerprint density at radius 2 is 1.38 bits per heavy atom. The summed E-state index contributed by atoms with van der Waals surface area (Å²) in [6, 6.07) is 0. The smallest absolute Gasteiger partial charge is 0.306 e. The number of hydrogen-bond donors (Lipinski definition) is 2. The molecule has 3 aliphatic carbocycles. The van der Waals surface area contributed by atoms with Gasteiger partial charge in [-0.25, -0.2) is 0 Å². The number of aliphatic hydroxyl groups excluding tert-OH is 2. The highest BCUT2D eigenvalue weighted by Gasteiger charge is 2.62. The Balaban J connectivity index is 1.62. The zero-order valence-corrected chi connectivity index (χ0v) is 27.4. The first-order valence-electron chi connectivity index (χ1n) is 17.0. The van der Waals surface area contributed by atoms with Crippen LogP contribution in [0.4, 0.5) is 0 Å². The second-order valence-electron chi connectivity index (χ2n) is 14.5. The van der Waals surface area contributed by atoms with Gasteiger partial charge in [0.05, 0.1) is 6.10 Å². The molecule has 3 rings (SSSR count). The van der Waals surface area contributed by atoms with Crippen LogP contribution in [0.2, 0.25) is 0 Å². The maximum absolute atomic E-state index is 13.7. The molecule has 238 valence electrons. The molecule has 1 fully saturated rings. The van der Waals surface area contributed by atoms with Crippen LogP contribution in [0.25, 0.3) is 0 Å². The standard InChI is InChI=1S/C36H58O6/c1-7-8-9-10-11-12-13-14-15-16-17-18-19-21-25(37)42-33-27-28(31(40)30(39)26(24(2)3)29(27)38)36(6)23-20-22-35(4,5)34(36)32(33)41/h24,32-34,38,41H,7-23H2,1-6H3/t32-,33+,34+,36-/m1/s1. The largest absolute Gasteiger partial charge is 0.507 e. The summed E-state index contributed by atoms with van der Waals surface area (Å²) in [6.07, 6.45) is 16.1. The van der Waals surface area contributed by atoms with Gasteiger partial charge in [0.15, 0.2) is 6.10 Å². The first kappa shape index (κ1) is 34.5. The lowest BCUT2D eigenvalue weighted by atomic mass is 9.47. The number of fused-ring (bicyclic) bond motifs is 2. The fraction of sp³-hybridized carbons (Fsp3) is 0.806. The average molecular weight is 587 g/mol. The van der Waals surface area contributed by atoms with E-state index in [4.69, 9.17) is 4.74 Å². The minimum absolute atomic E-state index is 0.0422. The molecular formula is C36H58O6. The van der Waals surface area contributed by atoms with Crippen LogP contribution in [0.5, 0.6) is 0 Å². The number of ketones is 2. The van der Waals surface area contributed by atoms with E-state index in [0.717, 1.165) is 25.7 Å². The Kier molecular flexibility index (Phi) is 12.5. The zero-order valence-electron chi connectivity index (χ0n) is 27.4. The van der Waals surface area contributed by atoms with Crippen molar-refractivity contribution in [1.82, 2.24) is 0 Å². The summed E-state index contributed by atoms with van der Waals surface area (Å²) in [6.45, 7) is 11.8. The lowest BCUT2D eigenvalue weighted by Gasteiger charge is -2.58. The molecule has 0 aromatic rings. The molecule has 0 heterocycles. The zero-order chi connectivity index (χ0) is 31.1. The van der Waals surface area contributed by atoms with Crippen LogP contribution < -0.4 is 0 Å². The van der Waals surface area contributed by atoms with Gasteiger partial charge in [-0.15, -0.1) is 0 Å². The second-order valence-corrected chi connectivity index (χ2v) is 14.5. The number of aliphatic hydroxyl groups is 2. The van der Waals surface area contributed by atoms with E-state index in [9.17, 15) is 24.6 Å². The van der Waals surface area contributed by atoms with Gasteiger partial charge < -0.3 is 14.9 Å². The lowest BCUT2D eigenvalue weighted by Crippen LogP contribution is -2.60. The van der Waals surface area contributed by atoms with Crippen molar-refractivity contribution in [3.8, 4) is 0 Å². The molecule has 2 N–H and O–H groups in total. The third-order valence-electron chi connectivity index (χ3n) is 10.3. The molecule has 6 nitrogen and oxygen atoms in total.